The maximum Gasteiger partial charge on any atom is 0.0783 e. The van der Waals surface area contributed by atoms with E-state index in [1.54, 1.807) is 17.5 Å². The molecule has 0 aromatic carbocycles. The van der Waals surface area contributed by atoms with Gasteiger partial charge < -0.3 is 0 Å². The Bertz CT molecular complexity index is 452. The molecule has 0 aliphatic carbocycles. The normalized spacial score (nSPS) is 9.71. The summed E-state index contributed by atoms with van der Waals surface area (Å²) in [6.45, 7) is 0.334. The molecular formula is C8H7N5S. The fourth-order valence-corrected chi connectivity index (χ4v) is 1.93. The molecule has 2 aromatic heterocycles. The largest absolute Gasteiger partial charge is 0.277 e. The van der Waals surface area contributed by atoms with Crippen molar-refractivity contribution in [2.75, 3.05) is 0 Å². The zero-order valence-electron chi connectivity index (χ0n) is 7.21. The molecule has 0 bridgehead atoms. The molecule has 0 aliphatic heterocycles. The molecule has 70 valence electrons. The molecule has 1 N–H and O–H groups in total. The second kappa shape index (κ2) is 3.95. The van der Waals surface area contributed by atoms with Crippen molar-refractivity contribution in [3.63, 3.8) is 0 Å². The number of thiophene rings is 1. The van der Waals surface area contributed by atoms with Gasteiger partial charge in [0.15, 0.2) is 0 Å². The highest BCUT2D eigenvalue weighted by Crippen LogP contribution is 2.25. The van der Waals surface area contributed by atoms with E-state index in [0.29, 0.717) is 6.54 Å². The van der Waals surface area contributed by atoms with E-state index in [1.807, 2.05) is 17.5 Å². The molecule has 0 radical (unpaired) electrons. The number of rotatable bonds is 3. The maximum atomic E-state index is 8.22. The Balaban J connectivity index is 2.34. The molecule has 0 aliphatic rings. The number of hydrogen-bond donors (Lipinski definition) is 1. The summed E-state index contributed by atoms with van der Waals surface area (Å²) in [6.07, 6.45) is 1.68. The first-order valence-corrected chi connectivity index (χ1v) is 4.87. The minimum absolute atomic E-state index is 0.334. The average Bonchev–Trinajstić information content (AvgIpc) is 2.84. The number of azide groups is 1. The van der Waals surface area contributed by atoms with Gasteiger partial charge in [-0.05, 0) is 17.0 Å². The van der Waals surface area contributed by atoms with Crippen molar-refractivity contribution in [3.05, 3.63) is 39.7 Å². The second-order valence-electron chi connectivity index (χ2n) is 2.64. The van der Waals surface area contributed by atoms with Gasteiger partial charge in [0.25, 0.3) is 0 Å². The molecule has 0 fully saturated rings. The minimum atomic E-state index is 0.334. The lowest BCUT2D eigenvalue weighted by Gasteiger charge is -1.94. The lowest BCUT2D eigenvalue weighted by molar-refractivity contribution is 1.05. The first-order valence-electron chi connectivity index (χ1n) is 3.99. The third kappa shape index (κ3) is 1.61. The number of aromatic nitrogens is 2. The van der Waals surface area contributed by atoms with Crippen LogP contribution in [0.4, 0.5) is 0 Å². The third-order valence-corrected chi connectivity index (χ3v) is 2.68. The lowest BCUT2D eigenvalue weighted by Crippen LogP contribution is -1.80. The molecule has 0 unspecified atom stereocenters. The lowest BCUT2D eigenvalue weighted by atomic mass is 10.2. The molecule has 0 atom stereocenters. The van der Waals surface area contributed by atoms with Crippen molar-refractivity contribution in [1.82, 2.24) is 10.2 Å². The van der Waals surface area contributed by atoms with Crippen LogP contribution in [0.1, 0.15) is 5.56 Å². The standard InChI is InChI=1S/C8H7N5S/c9-13-11-5-6-4-10-12-8(6)7-2-1-3-14-7/h1-4H,5H2,(H,10,12). The number of aromatic amines is 1. The van der Waals surface area contributed by atoms with Crippen molar-refractivity contribution >= 4 is 11.3 Å². The van der Waals surface area contributed by atoms with Gasteiger partial charge in [-0.15, -0.1) is 11.3 Å². The monoisotopic (exact) mass is 205 g/mol. The molecule has 2 aromatic rings. The second-order valence-corrected chi connectivity index (χ2v) is 3.58. The van der Waals surface area contributed by atoms with E-state index in [0.717, 1.165) is 16.1 Å². The van der Waals surface area contributed by atoms with Crippen LogP contribution in [0.25, 0.3) is 21.0 Å². The van der Waals surface area contributed by atoms with Gasteiger partial charge in [-0.2, -0.15) is 5.10 Å². The zero-order valence-corrected chi connectivity index (χ0v) is 8.03. The number of hydrogen-bond acceptors (Lipinski definition) is 3. The quantitative estimate of drug-likeness (QED) is 0.466. The molecule has 0 amide bonds. The fourth-order valence-electron chi connectivity index (χ4n) is 1.17. The van der Waals surface area contributed by atoms with Crippen molar-refractivity contribution in [1.29, 1.82) is 0 Å². The van der Waals surface area contributed by atoms with E-state index < -0.39 is 0 Å². The number of nitrogens with one attached hydrogen (secondary N) is 1. The molecule has 0 spiro atoms. The first kappa shape index (κ1) is 8.80. The van der Waals surface area contributed by atoms with E-state index >= 15 is 0 Å². The van der Waals surface area contributed by atoms with Crippen molar-refractivity contribution in [2.45, 2.75) is 6.54 Å². The molecule has 0 saturated carbocycles. The van der Waals surface area contributed by atoms with Gasteiger partial charge in [0.1, 0.15) is 0 Å². The maximum absolute atomic E-state index is 8.22. The summed E-state index contributed by atoms with van der Waals surface area (Å²) in [6, 6.07) is 3.97. The average molecular weight is 205 g/mol. The Morgan fingerprint density at radius 3 is 3.29 bits per heavy atom. The molecule has 0 saturated heterocycles. The summed E-state index contributed by atoms with van der Waals surface area (Å²) in [7, 11) is 0. The summed E-state index contributed by atoms with van der Waals surface area (Å²) >= 11 is 1.62. The van der Waals surface area contributed by atoms with Crippen LogP contribution in [0.15, 0.2) is 28.8 Å². The van der Waals surface area contributed by atoms with Gasteiger partial charge in [-0.3, -0.25) is 5.10 Å². The van der Waals surface area contributed by atoms with Crippen molar-refractivity contribution < 1.29 is 0 Å². The van der Waals surface area contributed by atoms with Crippen LogP contribution in [0.3, 0.4) is 0 Å². The van der Waals surface area contributed by atoms with E-state index in [-0.39, 0.29) is 0 Å². The van der Waals surface area contributed by atoms with E-state index in [4.69, 9.17) is 5.53 Å². The smallest absolute Gasteiger partial charge is 0.0783 e. The molecule has 2 heterocycles. The first-order chi connectivity index (χ1) is 6.92. The predicted octanol–water partition coefficient (Wildman–Crippen LogP) is 2.95. The van der Waals surface area contributed by atoms with Crippen LogP contribution >= 0.6 is 11.3 Å². The molecular weight excluding hydrogens is 198 g/mol. The molecule has 6 heteroatoms. The fraction of sp³-hybridized carbons (Fsp3) is 0.125. The summed E-state index contributed by atoms with van der Waals surface area (Å²) in [5.74, 6) is 0. The summed E-state index contributed by atoms with van der Waals surface area (Å²) in [5.41, 5.74) is 10.1. The van der Waals surface area contributed by atoms with Gasteiger partial charge in [0.05, 0.1) is 23.3 Å². The van der Waals surface area contributed by atoms with Crippen molar-refractivity contribution in [3.8, 4) is 10.6 Å². The summed E-state index contributed by atoms with van der Waals surface area (Å²) in [5, 5.41) is 12.3. The van der Waals surface area contributed by atoms with Gasteiger partial charge in [0.2, 0.25) is 0 Å². The van der Waals surface area contributed by atoms with E-state index in [2.05, 4.69) is 20.2 Å². The molecule has 14 heavy (non-hydrogen) atoms. The highest BCUT2D eigenvalue weighted by molar-refractivity contribution is 7.13. The van der Waals surface area contributed by atoms with Crippen LogP contribution in [0.2, 0.25) is 0 Å². The van der Waals surface area contributed by atoms with Crippen molar-refractivity contribution in [2.24, 2.45) is 5.11 Å². The Hall–Kier alpha value is -1.78. The third-order valence-electron chi connectivity index (χ3n) is 1.79. The van der Waals surface area contributed by atoms with Crippen LogP contribution in [-0.2, 0) is 6.54 Å². The Kier molecular flexibility index (Phi) is 2.48. The van der Waals surface area contributed by atoms with Crippen LogP contribution in [0, 0.1) is 0 Å². The minimum Gasteiger partial charge on any atom is -0.277 e. The predicted molar refractivity (Wildman–Crippen MR) is 54.8 cm³/mol. The van der Waals surface area contributed by atoms with Gasteiger partial charge in [-0.1, -0.05) is 11.2 Å². The SMILES string of the molecule is [N-]=[N+]=NCc1cn[nH]c1-c1cccs1. The highest BCUT2D eigenvalue weighted by Gasteiger charge is 2.06. The Morgan fingerprint density at radius 1 is 1.64 bits per heavy atom. The van der Waals surface area contributed by atoms with E-state index in [1.165, 1.54) is 0 Å². The van der Waals surface area contributed by atoms with Gasteiger partial charge in [-0.25, -0.2) is 0 Å². The Labute approximate surface area is 84.0 Å². The van der Waals surface area contributed by atoms with Gasteiger partial charge >= 0.3 is 0 Å². The van der Waals surface area contributed by atoms with Crippen LogP contribution < -0.4 is 0 Å². The molecule has 5 nitrogen and oxygen atoms in total. The van der Waals surface area contributed by atoms with E-state index in [9.17, 15) is 0 Å². The number of H-pyrrole nitrogens is 1. The topological polar surface area (TPSA) is 77.4 Å². The van der Waals surface area contributed by atoms with Gasteiger partial charge in [0, 0.05) is 10.5 Å². The van der Waals surface area contributed by atoms with Crippen LogP contribution in [-0.4, -0.2) is 10.2 Å². The molecule has 2 rings (SSSR count). The summed E-state index contributed by atoms with van der Waals surface area (Å²) in [4.78, 5) is 3.82. The van der Waals surface area contributed by atoms with Crippen LogP contribution in [0.5, 0.6) is 0 Å². The zero-order chi connectivity index (χ0) is 9.80. The highest BCUT2D eigenvalue weighted by atomic mass is 32.1. The number of nitrogens with zero attached hydrogens (tertiary/aromatic N) is 4. The summed E-state index contributed by atoms with van der Waals surface area (Å²) < 4.78 is 0. The Morgan fingerprint density at radius 2 is 2.57 bits per heavy atom.